The number of carbonyl (C=O) groups excluding carboxylic acids is 1. The highest BCUT2D eigenvalue weighted by atomic mass is 32.2. The van der Waals surface area contributed by atoms with E-state index in [0.29, 0.717) is 39.5 Å². The molecule has 0 radical (unpaired) electrons. The average molecular weight is 526 g/mol. The maximum Gasteiger partial charge on any atom is 0.270 e. The number of nitrogens with zero attached hydrogens (tertiary/aromatic N) is 3. The Morgan fingerprint density at radius 3 is 2.53 bits per heavy atom. The zero-order chi connectivity index (χ0) is 26.6. The minimum Gasteiger partial charge on any atom is -0.496 e. The zero-order valence-corrected chi connectivity index (χ0v) is 21.5. The van der Waals surface area contributed by atoms with Crippen LogP contribution in [0.5, 0.6) is 5.75 Å². The molecule has 4 aromatic rings. The fraction of sp³-hybridized carbons (Fsp3) is 0.103. The largest absolute Gasteiger partial charge is 0.496 e. The number of ether oxygens (including phenoxy) is 1. The first-order valence-electron chi connectivity index (χ1n) is 11.7. The molecule has 0 spiro atoms. The van der Waals surface area contributed by atoms with Gasteiger partial charge in [-0.05, 0) is 54.6 Å². The molecule has 190 valence electrons. The van der Waals surface area contributed by atoms with E-state index in [4.69, 9.17) is 14.1 Å². The van der Waals surface area contributed by atoms with Crippen LogP contribution in [0.25, 0.3) is 17.4 Å². The van der Waals surface area contributed by atoms with Gasteiger partial charge in [0.15, 0.2) is 5.17 Å². The summed E-state index contributed by atoms with van der Waals surface area (Å²) in [5, 5.41) is 11.8. The number of nitro groups is 1. The summed E-state index contributed by atoms with van der Waals surface area (Å²) in [5.74, 6) is 1.08. The lowest BCUT2D eigenvalue weighted by molar-refractivity contribution is -0.384. The standard InChI is InChI=1S/C29H23N3O5S/c1-19-8-10-21(11-9-19)30-29-31(18-20-6-4-3-5-7-20)28(33)27(38-29)17-23-13-15-26(37-23)24-16-22(32(34)35)12-14-25(24)36-2/h3-17H,18H2,1-2H3/b27-17+,30-29?. The lowest BCUT2D eigenvalue weighted by atomic mass is 10.1. The van der Waals surface area contributed by atoms with Crippen LogP contribution in [0.15, 0.2) is 99.2 Å². The van der Waals surface area contributed by atoms with Crippen LogP contribution in [0.4, 0.5) is 11.4 Å². The van der Waals surface area contributed by atoms with Gasteiger partial charge in [-0.25, -0.2) is 4.99 Å². The minimum absolute atomic E-state index is 0.0767. The molecule has 1 saturated heterocycles. The predicted molar refractivity (Wildman–Crippen MR) is 148 cm³/mol. The maximum atomic E-state index is 13.5. The first-order valence-corrected chi connectivity index (χ1v) is 12.6. The van der Waals surface area contributed by atoms with Crippen LogP contribution in [0.3, 0.4) is 0 Å². The van der Waals surface area contributed by atoms with Gasteiger partial charge < -0.3 is 9.15 Å². The highest BCUT2D eigenvalue weighted by Crippen LogP contribution is 2.38. The second-order valence-corrected chi connectivity index (χ2v) is 9.57. The third-order valence-electron chi connectivity index (χ3n) is 5.89. The molecule has 0 atom stereocenters. The fourth-order valence-corrected chi connectivity index (χ4v) is 4.91. The van der Waals surface area contributed by atoms with Crippen molar-refractivity contribution in [1.29, 1.82) is 0 Å². The van der Waals surface area contributed by atoms with Crippen LogP contribution < -0.4 is 4.74 Å². The van der Waals surface area contributed by atoms with Gasteiger partial charge in [-0.3, -0.25) is 19.8 Å². The number of benzene rings is 3. The number of amides is 1. The number of furan rings is 1. The number of non-ortho nitro benzene ring substituents is 1. The number of nitro benzene ring substituents is 1. The number of amidine groups is 1. The van der Waals surface area contributed by atoms with Gasteiger partial charge >= 0.3 is 0 Å². The number of thioether (sulfide) groups is 1. The number of methoxy groups -OCH3 is 1. The molecule has 0 saturated carbocycles. The van der Waals surface area contributed by atoms with Crippen molar-refractivity contribution in [2.75, 3.05) is 7.11 Å². The molecule has 0 unspecified atom stereocenters. The molecule has 1 amide bonds. The van der Waals surface area contributed by atoms with Crippen LogP contribution in [0.1, 0.15) is 16.9 Å². The smallest absolute Gasteiger partial charge is 0.270 e. The van der Waals surface area contributed by atoms with Crippen molar-refractivity contribution >= 4 is 40.3 Å². The molecule has 2 heterocycles. The number of carbonyl (C=O) groups is 1. The van der Waals surface area contributed by atoms with Crippen LogP contribution in [-0.4, -0.2) is 28.0 Å². The number of hydrogen-bond donors (Lipinski definition) is 0. The van der Waals surface area contributed by atoms with Crippen LogP contribution in [0.2, 0.25) is 0 Å². The molecule has 8 nitrogen and oxygen atoms in total. The second kappa shape index (κ2) is 10.8. The van der Waals surface area contributed by atoms with Gasteiger partial charge in [-0.1, -0.05) is 48.0 Å². The number of aliphatic imine (C=N–C) groups is 1. The predicted octanol–water partition coefficient (Wildman–Crippen LogP) is 6.98. The van der Waals surface area contributed by atoms with Crippen LogP contribution in [0, 0.1) is 17.0 Å². The van der Waals surface area contributed by atoms with Gasteiger partial charge in [0.05, 0.1) is 34.7 Å². The average Bonchev–Trinajstić information content (AvgIpc) is 3.50. The highest BCUT2D eigenvalue weighted by molar-refractivity contribution is 8.18. The van der Waals surface area contributed by atoms with Gasteiger partial charge in [-0.15, -0.1) is 0 Å². The lowest BCUT2D eigenvalue weighted by Gasteiger charge is -2.15. The molecule has 38 heavy (non-hydrogen) atoms. The van der Waals surface area contributed by atoms with E-state index in [1.807, 2.05) is 61.5 Å². The summed E-state index contributed by atoms with van der Waals surface area (Å²) in [6.45, 7) is 2.39. The van der Waals surface area contributed by atoms with Crippen molar-refractivity contribution in [3.05, 3.63) is 117 Å². The van der Waals surface area contributed by atoms with Gasteiger partial charge in [0.2, 0.25) is 0 Å². The summed E-state index contributed by atoms with van der Waals surface area (Å²) in [4.78, 5) is 31.1. The molecule has 0 aliphatic carbocycles. The first-order chi connectivity index (χ1) is 18.4. The Morgan fingerprint density at radius 2 is 1.82 bits per heavy atom. The Labute approximate surface area is 223 Å². The Hall–Kier alpha value is -4.63. The summed E-state index contributed by atoms with van der Waals surface area (Å²) >= 11 is 1.27. The number of rotatable bonds is 7. The molecule has 3 aromatic carbocycles. The van der Waals surface area contributed by atoms with Crippen molar-refractivity contribution in [3.8, 4) is 17.1 Å². The van der Waals surface area contributed by atoms with Crippen molar-refractivity contribution in [1.82, 2.24) is 4.90 Å². The molecular weight excluding hydrogens is 502 g/mol. The van der Waals surface area contributed by atoms with Crippen LogP contribution in [-0.2, 0) is 11.3 Å². The van der Waals surface area contributed by atoms with Crippen molar-refractivity contribution in [3.63, 3.8) is 0 Å². The van der Waals surface area contributed by atoms with E-state index in [-0.39, 0.29) is 11.6 Å². The second-order valence-electron chi connectivity index (χ2n) is 8.56. The summed E-state index contributed by atoms with van der Waals surface area (Å²) < 4.78 is 11.3. The SMILES string of the molecule is COc1ccc([N+](=O)[O-])cc1-c1ccc(/C=C2/SC(=Nc3ccc(C)cc3)N(Cc3ccccc3)C2=O)o1. The Morgan fingerprint density at radius 1 is 1.05 bits per heavy atom. The zero-order valence-electron chi connectivity index (χ0n) is 20.7. The monoisotopic (exact) mass is 525 g/mol. The first kappa shape index (κ1) is 25.0. The highest BCUT2D eigenvalue weighted by Gasteiger charge is 2.34. The minimum atomic E-state index is -0.473. The fourth-order valence-electron chi connectivity index (χ4n) is 3.93. The van der Waals surface area contributed by atoms with Gasteiger partial charge in [0.25, 0.3) is 11.6 Å². The maximum absolute atomic E-state index is 13.5. The summed E-state index contributed by atoms with van der Waals surface area (Å²) in [7, 11) is 1.49. The van der Waals surface area contributed by atoms with Crippen molar-refractivity contribution in [2.24, 2.45) is 4.99 Å². The van der Waals surface area contributed by atoms with E-state index in [9.17, 15) is 14.9 Å². The van der Waals surface area contributed by atoms with E-state index in [1.165, 1.54) is 37.1 Å². The lowest BCUT2D eigenvalue weighted by Crippen LogP contribution is -2.28. The normalized spacial score (nSPS) is 15.4. The van der Waals surface area contributed by atoms with Gasteiger partial charge in [-0.2, -0.15) is 0 Å². The quantitative estimate of drug-likeness (QED) is 0.147. The molecule has 1 aromatic heterocycles. The third kappa shape index (κ3) is 5.37. The molecular formula is C29H23N3O5S. The van der Waals surface area contributed by atoms with Crippen molar-refractivity contribution < 1.29 is 18.9 Å². The molecule has 1 aliphatic rings. The van der Waals surface area contributed by atoms with Crippen LogP contribution >= 0.6 is 11.8 Å². The topological polar surface area (TPSA) is 98.2 Å². The summed E-state index contributed by atoms with van der Waals surface area (Å²) in [5.41, 5.74) is 3.23. The molecule has 1 aliphatic heterocycles. The molecule has 0 N–H and O–H groups in total. The number of hydrogen-bond acceptors (Lipinski definition) is 7. The van der Waals surface area contributed by atoms with E-state index in [1.54, 1.807) is 23.1 Å². The van der Waals surface area contributed by atoms with E-state index < -0.39 is 4.92 Å². The van der Waals surface area contributed by atoms with E-state index in [2.05, 4.69) is 0 Å². The Bertz CT molecular complexity index is 1560. The summed E-state index contributed by atoms with van der Waals surface area (Å²) in [6, 6.07) is 25.2. The van der Waals surface area contributed by atoms with E-state index >= 15 is 0 Å². The van der Waals surface area contributed by atoms with Gasteiger partial charge in [0.1, 0.15) is 17.3 Å². The van der Waals surface area contributed by atoms with E-state index in [0.717, 1.165) is 16.8 Å². The molecule has 9 heteroatoms. The van der Waals surface area contributed by atoms with Gasteiger partial charge in [0, 0.05) is 18.2 Å². The Kier molecular flexibility index (Phi) is 7.10. The molecule has 1 fully saturated rings. The third-order valence-corrected chi connectivity index (χ3v) is 6.90. The number of aryl methyl sites for hydroxylation is 1. The van der Waals surface area contributed by atoms with Crippen molar-refractivity contribution in [2.45, 2.75) is 13.5 Å². The summed E-state index contributed by atoms with van der Waals surface area (Å²) in [6.07, 6.45) is 1.66. The molecule has 0 bridgehead atoms. The molecule has 5 rings (SSSR count). The Balaban J connectivity index is 1.48.